The minimum atomic E-state index is -0.231. The topological polar surface area (TPSA) is 77.7 Å². The van der Waals surface area contributed by atoms with Crippen LogP contribution in [0.15, 0.2) is 4.52 Å². The zero-order valence-corrected chi connectivity index (χ0v) is 13.3. The van der Waals surface area contributed by atoms with E-state index in [0.717, 1.165) is 6.42 Å². The Hall–Kier alpha value is -1.47. The molecule has 0 aromatic carbocycles. The zero-order chi connectivity index (χ0) is 15.7. The third-order valence-electron chi connectivity index (χ3n) is 2.93. The van der Waals surface area contributed by atoms with Crippen LogP contribution in [0.4, 0.5) is 0 Å². The summed E-state index contributed by atoms with van der Waals surface area (Å²) in [7, 11) is 3.03. The zero-order valence-electron chi connectivity index (χ0n) is 13.3. The predicted molar refractivity (Wildman–Crippen MR) is 76.6 cm³/mol. The van der Waals surface area contributed by atoms with Gasteiger partial charge < -0.3 is 14.0 Å². The third kappa shape index (κ3) is 7.19. The highest BCUT2D eigenvalue weighted by Gasteiger charge is 2.14. The first-order valence-corrected chi connectivity index (χ1v) is 7.14. The number of hydrogen-bond acceptors (Lipinski definition) is 7. The number of methoxy groups -OCH3 is 2. The molecule has 0 amide bonds. The maximum atomic E-state index is 11.2. The first-order valence-electron chi connectivity index (χ1n) is 7.14. The first kappa shape index (κ1) is 17.6. The molecule has 0 bridgehead atoms. The molecular formula is C14H25N3O4. The average Bonchev–Trinajstić information content (AvgIpc) is 2.87. The lowest BCUT2D eigenvalue weighted by atomic mass is 10.1. The Kier molecular flexibility index (Phi) is 7.92. The SMILES string of the molecule is COCCN(CCC(=O)OC)Cc1noc(CC(C)C)n1. The van der Waals surface area contributed by atoms with Crippen LogP contribution >= 0.6 is 0 Å². The molecule has 1 aromatic heterocycles. The number of ether oxygens (including phenoxy) is 2. The van der Waals surface area contributed by atoms with E-state index in [-0.39, 0.29) is 5.97 Å². The number of carbonyl (C=O) groups excluding carboxylic acids is 1. The molecule has 1 heterocycles. The van der Waals surface area contributed by atoms with Crippen LogP contribution < -0.4 is 0 Å². The van der Waals surface area contributed by atoms with Crippen LogP contribution in [0.25, 0.3) is 0 Å². The van der Waals surface area contributed by atoms with Gasteiger partial charge in [-0.3, -0.25) is 9.69 Å². The smallest absolute Gasteiger partial charge is 0.306 e. The minimum absolute atomic E-state index is 0.231. The van der Waals surface area contributed by atoms with E-state index in [1.54, 1.807) is 7.11 Å². The highest BCUT2D eigenvalue weighted by Crippen LogP contribution is 2.07. The van der Waals surface area contributed by atoms with Crippen molar-refractivity contribution < 1.29 is 18.8 Å². The lowest BCUT2D eigenvalue weighted by molar-refractivity contribution is -0.141. The summed E-state index contributed by atoms with van der Waals surface area (Å²) in [6.07, 6.45) is 1.10. The highest BCUT2D eigenvalue weighted by atomic mass is 16.5. The summed E-state index contributed by atoms with van der Waals surface area (Å²) in [5, 5.41) is 3.98. The standard InChI is InChI=1S/C14H25N3O4/c1-11(2)9-13-15-12(16-21-13)10-17(7-8-19-3)6-5-14(18)20-4/h11H,5-10H2,1-4H3. The Morgan fingerprint density at radius 1 is 1.33 bits per heavy atom. The minimum Gasteiger partial charge on any atom is -0.469 e. The van der Waals surface area contributed by atoms with Crippen molar-refractivity contribution in [3.8, 4) is 0 Å². The van der Waals surface area contributed by atoms with E-state index in [2.05, 4.69) is 28.7 Å². The van der Waals surface area contributed by atoms with Crippen molar-refractivity contribution >= 4 is 5.97 Å². The molecule has 0 saturated carbocycles. The van der Waals surface area contributed by atoms with E-state index >= 15 is 0 Å². The summed E-state index contributed by atoms with van der Waals surface area (Å²) in [5.74, 6) is 1.53. The van der Waals surface area contributed by atoms with Crippen molar-refractivity contribution in [2.45, 2.75) is 33.2 Å². The lowest BCUT2D eigenvalue weighted by Gasteiger charge is -2.19. The Morgan fingerprint density at radius 3 is 2.71 bits per heavy atom. The van der Waals surface area contributed by atoms with Crippen LogP contribution in [0, 0.1) is 5.92 Å². The molecule has 0 aliphatic heterocycles. The van der Waals surface area contributed by atoms with Gasteiger partial charge in [-0.2, -0.15) is 4.98 Å². The van der Waals surface area contributed by atoms with Gasteiger partial charge in [-0.1, -0.05) is 19.0 Å². The second-order valence-corrected chi connectivity index (χ2v) is 5.30. The Bertz CT molecular complexity index is 420. The van der Waals surface area contributed by atoms with Crippen LogP contribution in [0.2, 0.25) is 0 Å². The predicted octanol–water partition coefficient (Wildman–Crippen LogP) is 1.28. The molecule has 0 aliphatic carbocycles. The fourth-order valence-electron chi connectivity index (χ4n) is 1.83. The molecule has 7 nitrogen and oxygen atoms in total. The monoisotopic (exact) mass is 299 g/mol. The van der Waals surface area contributed by atoms with Crippen LogP contribution in [-0.4, -0.2) is 54.9 Å². The van der Waals surface area contributed by atoms with E-state index in [1.807, 2.05) is 4.90 Å². The van der Waals surface area contributed by atoms with Crippen LogP contribution in [0.5, 0.6) is 0 Å². The van der Waals surface area contributed by atoms with Crippen molar-refractivity contribution in [3.63, 3.8) is 0 Å². The molecule has 120 valence electrons. The average molecular weight is 299 g/mol. The van der Waals surface area contributed by atoms with Gasteiger partial charge in [-0.15, -0.1) is 0 Å². The number of hydrogen-bond donors (Lipinski definition) is 0. The number of aromatic nitrogens is 2. The van der Waals surface area contributed by atoms with E-state index in [9.17, 15) is 4.79 Å². The van der Waals surface area contributed by atoms with Crippen molar-refractivity contribution in [2.24, 2.45) is 5.92 Å². The van der Waals surface area contributed by atoms with E-state index in [1.165, 1.54) is 7.11 Å². The van der Waals surface area contributed by atoms with Gasteiger partial charge in [0.15, 0.2) is 5.82 Å². The second-order valence-electron chi connectivity index (χ2n) is 5.30. The normalized spacial score (nSPS) is 11.3. The molecule has 0 N–H and O–H groups in total. The Labute approximate surface area is 125 Å². The quantitative estimate of drug-likeness (QED) is 0.602. The number of carbonyl (C=O) groups is 1. The van der Waals surface area contributed by atoms with Crippen LogP contribution in [0.3, 0.4) is 0 Å². The van der Waals surface area contributed by atoms with Gasteiger partial charge in [0.2, 0.25) is 5.89 Å². The van der Waals surface area contributed by atoms with Gasteiger partial charge in [-0.25, -0.2) is 0 Å². The Morgan fingerprint density at radius 2 is 2.10 bits per heavy atom. The van der Waals surface area contributed by atoms with Gasteiger partial charge in [0.1, 0.15) is 0 Å². The molecule has 1 aromatic rings. The molecule has 0 fully saturated rings. The molecule has 0 spiro atoms. The van der Waals surface area contributed by atoms with Gasteiger partial charge in [-0.05, 0) is 5.92 Å². The molecule has 7 heteroatoms. The third-order valence-corrected chi connectivity index (χ3v) is 2.93. The van der Waals surface area contributed by atoms with E-state index in [4.69, 9.17) is 9.26 Å². The highest BCUT2D eigenvalue weighted by molar-refractivity contribution is 5.69. The van der Waals surface area contributed by atoms with Crippen molar-refractivity contribution in [1.29, 1.82) is 0 Å². The molecular weight excluding hydrogens is 274 g/mol. The van der Waals surface area contributed by atoms with Crippen molar-refractivity contribution in [1.82, 2.24) is 15.0 Å². The molecule has 0 unspecified atom stereocenters. The van der Waals surface area contributed by atoms with Crippen LogP contribution in [-0.2, 0) is 27.2 Å². The molecule has 1 rings (SSSR count). The van der Waals surface area contributed by atoms with Gasteiger partial charge in [0, 0.05) is 26.6 Å². The number of nitrogens with zero attached hydrogens (tertiary/aromatic N) is 3. The number of rotatable bonds is 10. The van der Waals surface area contributed by atoms with Gasteiger partial charge >= 0.3 is 5.97 Å². The second kappa shape index (κ2) is 9.46. The summed E-state index contributed by atoms with van der Waals surface area (Å²) in [6, 6.07) is 0. The fraction of sp³-hybridized carbons (Fsp3) is 0.786. The van der Waals surface area contributed by atoms with Crippen molar-refractivity contribution in [3.05, 3.63) is 11.7 Å². The molecule has 0 saturated heterocycles. The fourth-order valence-corrected chi connectivity index (χ4v) is 1.83. The summed E-state index contributed by atoms with van der Waals surface area (Å²) in [5.41, 5.74) is 0. The molecule has 0 aliphatic rings. The summed E-state index contributed by atoms with van der Waals surface area (Å²) in [4.78, 5) is 17.7. The van der Waals surface area contributed by atoms with E-state index < -0.39 is 0 Å². The molecule has 0 atom stereocenters. The largest absolute Gasteiger partial charge is 0.469 e. The Balaban J connectivity index is 2.53. The number of esters is 1. The van der Waals surface area contributed by atoms with E-state index in [0.29, 0.717) is 50.3 Å². The molecule has 21 heavy (non-hydrogen) atoms. The first-order chi connectivity index (χ1) is 10.0. The van der Waals surface area contributed by atoms with Crippen LogP contribution in [0.1, 0.15) is 32.0 Å². The maximum absolute atomic E-state index is 11.2. The van der Waals surface area contributed by atoms with Gasteiger partial charge in [0.05, 0.1) is 26.7 Å². The summed E-state index contributed by atoms with van der Waals surface area (Å²) >= 11 is 0. The lowest BCUT2D eigenvalue weighted by Crippen LogP contribution is -2.30. The maximum Gasteiger partial charge on any atom is 0.306 e. The van der Waals surface area contributed by atoms with Crippen molar-refractivity contribution in [2.75, 3.05) is 33.9 Å². The van der Waals surface area contributed by atoms with Gasteiger partial charge in [0.25, 0.3) is 0 Å². The summed E-state index contributed by atoms with van der Waals surface area (Å²) < 4.78 is 15.0. The summed E-state index contributed by atoms with van der Waals surface area (Å²) in [6.45, 7) is 6.59. The molecule has 0 radical (unpaired) electrons.